The Hall–Kier alpha value is -2.07. The van der Waals surface area contributed by atoms with Gasteiger partial charge in [-0.2, -0.15) is 0 Å². The quantitative estimate of drug-likeness (QED) is 0.867. The number of anilines is 1. The molecule has 0 spiro atoms. The van der Waals surface area contributed by atoms with E-state index in [1.54, 1.807) is 0 Å². The maximum Gasteiger partial charge on any atom is 0.321 e. The van der Waals surface area contributed by atoms with E-state index in [1.807, 2.05) is 42.5 Å². The fourth-order valence-corrected chi connectivity index (χ4v) is 2.33. The minimum Gasteiger partial charge on any atom is -0.358 e. The van der Waals surface area contributed by atoms with Crippen LogP contribution in [0.3, 0.4) is 0 Å². The molecule has 4 nitrogen and oxygen atoms in total. The summed E-state index contributed by atoms with van der Waals surface area (Å²) in [6, 6.07) is 13.6. The SMILES string of the molecule is O=C(Nc1cccc2ccccc12)NC1CCCO1. The lowest BCUT2D eigenvalue weighted by Gasteiger charge is -2.14. The lowest BCUT2D eigenvalue weighted by atomic mass is 10.1. The number of fused-ring (bicyclic) bond motifs is 1. The molecule has 2 aromatic rings. The normalized spacial score (nSPS) is 18.4. The number of carbonyl (C=O) groups excluding carboxylic acids is 1. The molecule has 0 radical (unpaired) electrons. The Kier molecular flexibility index (Phi) is 3.33. The standard InChI is InChI=1S/C15H16N2O2/c18-15(17-14-9-4-10-19-14)16-13-8-3-6-11-5-1-2-7-12(11)13/h1-3,5-8,14H,4,9-10H2,(H2,16,17,18). The molecule has 1 fully saturated rings. The molecule has 2 N–H and O–H groups in total. The Balaban J connectivity index is 1.75. The minimum absolute atomic E-state index is 0.157. The fraction of sp³-hybridized carbons (Fsp3) is 0.267. The van der Waals surface area contributed by atoms with Gasteiger partial charge in [0.15, 0.2) is 0 Å². The minimum atomic E-state index is -0.219. The Bertz CT molecular complexity index is 586. The molecule has 1 aliphatic heterocycles. The summed E-state index contributed by atoms with van der Waals surface area (Å²) < 4.78 is 5.38. The first-order valence-corrected chi connectivity index (χ1v) is 6.50. The first-order valence-electron chi connectivity index (χ1n) is 6.50. The number of urea groups is 1. The van der Waals surface area contributed by atoms with Gasteiger partial charge in [0, 0.05) is 12.0 Å². The summed E-state index contributed by atoms with van der Waals surface area (Å²) in [5.74, 6) is 0. The lowest BCUT2D eigenvalue weighted by molar-refractivity contribution is 0.0928. The van der Waals surface area contributed by atoms with Crippen molar-refractivity contribution in [1.82, 2.24) is 5.32 Å². The van der Waals surface area contributed by atoms with Gasteiger partial charge in [-0.3, -0.25) is 0 Å². The number of hydrogen-bond donors (Lipinski definition) is 2. The summed E-state index contributed by atoms with van der Waals surface area (Å²) in [6.45, 7) is 0.721. The van der Waals surface area contributed by atoms with E-state index in [4.69, 9.17) is 4.74 Å². The summed E-state index contributed by atoms with van der Waals surface area (Å²) in [5, 5.41) is 7.84. The summed E-state index contributed by atoms with van der Waals surface area (Å²) >= 11 is 0. The topological polar surface area (TPSA) is 50.4 Å². The number of benzene rings is 2. The van der Waals surface area contributed by atoms with Crippen molar-refractivity contribution in [2.45, 2.75) is 19.1 Å². The molecule has 1 heterocycles. The summed E-state index contributed by atoms with van der Waals surface area (Å²) in [7, 11) is 0. The van der Waals surface area contributed by atoms with Crippen molar-refractivity contribution >= 4 is 22.5 Å². The second kappa shape index (κ2) is 5.28. The molecule has 1 unspecified atom stereocenters. The van der Waals surface area contributed by atoms with Crippen LogP contribution in [0.15, 0.2) is 42.5 Å². The molecule has 4 heteroatoms. The molecule has 19 heavy (non-hydrogen) atoms. The zero-order chi connectivity index (χ0) is 13.1. The van der Waals surface area contributed by atoms with E-state index in [9.17, 15) is 4.79 Å². The number of amides is 2. The molecular weight excluding hydrogens is 240 g/mol. The van der Waals surface area contributed by atoms with Gasteiger partial charge in [-0.1, -0.05) is 36.4 Å². The van der Waals surface area contributed by atoms with E-state index in [1.165, 1.54) is 0 Å². The molecule has 1 atom stereocenters. The van der Waals surface area contributed by atoms with Gasteiger partial charge in [-0.15, -0.1) is 0 Å². The van der Waals surface area contributed by atoms with Gasteiger partial charge in [-0.05, 0) is 24.3 Å². The van der Waals surface area contributed by atoms with Crippen LogP contribution in [0.1, 0.15) is 12.8 Å². The number of ether oxygens (including phenoxy) is 1. The van der Waals surface area contributed by atoms with Gasteiger partial charge >= 0.3 is 6.03 Å². The monoisotopic (exact) mass is 256 g/mol. The number of nitrogens with one attached hydrogen (secondary N) is 2. The largest absolute Gasteiger partial charge is 0.358 e. The van der Waals surface area contributed by atoms with Crippen molar-refractivity contribution in [2.24, 2.45) is 0 Å². The Morgan fingerprint density at radius 3 is 2.84 bits per heavy atom. The van der Waals surface area contributed by atoms with Crippen LogP contribution in [0.4, 0.5) is 10.5 Å². The molecule has 0 aromatic heterocycles. The van der Waals surface area contributed by atoms with Gasteiger partial charge in [0.05, 0.1) is 5.69 Å². The third kappa shape index (κ3) is 2.69. The predicted molar refractivity (Wildman–Crippen MR) is 75.1 cm³/mol. The summed E-state index contributed by atoms with van der Waals surface area (Å²) in [6.07, 6.45) is 1.72. The predicted octanol–water partition coefficient (Wildman–Crippen LogP) is 3.10. The maximum absolute atomic E-state index is 11.9. The van der Waals surface area contributed by atoms with Crippen molar-refractivity contribution < 1.29 is 9.53 Å². The second-order valence-corrected chi connectivity index (χ2v) is 4.63. The molecule has 0 saturated carbocycles. The Morgan fingerprint density at radius 1 is 1.16 bits per heavy atom. The highest BCUT2D eigenvalue weighted by molar-refractivity contribution is 6.01. The highest BCUT2D eigenvalue weighted by Crippen LogP contribution is 2.22. The third-order valence-electron chi connectivity index (χ3n) is 3.26. The zero-order valence-electron chi connectivity index (χ0n) is 10.6. The second-order valence-electron chi connectivity index (χ2n) is 4.63. The molecular formula is C15H16N2O2. The number of carbonyl (C=O) groups is 1. The Labute approximate surface area is 111 Å². The highest BCUT2D eigenvalue weighted by Gasteiger charge is 2.17. The maximum atomic E-state index is 11.9. The van der Waals surface area contributed by atoms with E-state index in [2.05, 4.69) is 10.6 Å². The third-order valence-corrected chi connectivity index (χ3v) is 3.26. The van der Waals surface area contributed by atoms with Gasteiger partial charge in [-0.25, -0.2) is 4.79 Å². The molecule has 2 amide bonds. The van der Waals surface area contributed by atoms with Crippen LogP contribution < -0.4 is 10.6 Å². The van der Waals surface area contributed by atoms with Crippen molar-refractivity contribution in [2.75, 3.05) is 11.9 Å². The van der Waals surface area contributed by atoms with Crippen molar-refractivity contribution in [3.8, 4) is 0 Å². The van der Waals surface area contributed by atoms with E-state index in [0.29, 0.717) is 0 Å². The van der Waals surface area contributed by atoms with Crippen LogP contribution in [0.25, 0.3) is 10.8 Å². The van der Waals surface area contributed by atoms with Crippen LogP contribution in [0.2, 0.25) is 0 Å². The lowest BCUT2D eigenvalue weighted by Crippen LogP contribution is -2.37. The fourth-order valence-electron chi connectivity index (χ4n) is 2.33. The van der Waals surface area contributed by atoms with E-state index in [-0.39, 0.29) is 12.3 Å². The number of hydrogen-bond acceptors (Lipinski definition) is 2. The van der Waals surface area contributed by atoms with Crippen LogP contribution >= 0.6 is 0 Å². The van der Waals surface area contributed by atoms with Gasteiger partial charge in [0.25, 0.3) is 0 Å². The molecule has 2 aromatic carbocycles. The van der Waals surface area contributed by atoms with E-state index < -0.39 is 0 Å². The van der Waals surface area contributed by atoms with Gasteiger partial charge in [0.1, 0.15) is 6.23 Å². The molecule has 0 bridgehead atoms. The zero-order valence-corrected chi connectivity index (χ0v) is 10.6. The van der Waals surface area contributed by atoms with E-state index in [0.717, 1.165) is 35.9 Å². The number of rotatable bonds is 2. The average molecular weight is 256 g/mol. The first kappa shape index (κ1) is 12.0. The van der Waals surface area contributed by atoms with Crippen molar-refractivity contribution in [3.63, 3.8) is 0 Å². The molecule has 1 saturated heterocycles. The smallest absolute Gasteiger partial charge is 0.321 e. The highest BCUT2D eigenvalue weighted by atomic mass is 16.5. The van der Waals surface area contributed by atoms with Crippen LogP contribution in [-0.2, 0) is 4.74 Å². The van der Waals surface area contributed by atoms with E-state index >= 15 is 0 Å². The van der Waals surface area contributed by atoms with Crippen molar-refractivity contribution in [1.29, 1.82) is 0 Å². The van der Waals surface area contributed by atoms with Gasteiger partial charge in [0.2, 0.25) is 0 Å². The molecule has 1 aliphatic rings. The molecule has 3 rings (SSSR count). The summed E-state index contributed by atoms with van der Waals surface area (Å²) in [4.78, 5) is 11.9. The molecule has 0 aliphatic carbocycles. The van der Waals surface area contributed by atoms with Crippen LogP contribution in [0, 0.1) is 0 Å². The van der Waals surface area contributed by atoms with Crippen LogP contribution in [0.5, 0.6) is 0 Å². The van der Waals surface area contributed by atoms with Crippen molar-refractivity contribution in [3.05, 3.63) is 42.5 Å². The Morgan fingerprint density at radius 2 is 2.00 bits per heavy atom. The molecule has 98 valence electrons. The first-order chi connectivity index (χ1) is 9.33. The van der Waals surface area contributed by atoms with Crippen LogP contribution in [-0.4, -0.2) is 18.9 Å². The average Bonchev–Trinajstić information content (AvgIpc) is 2.92. The summed E-state index contributed by atoms with van der Waals surface area (Å²) in [5.41, 5.74) is 0.814. The van der Waals surface area contributed by atoms with Gasteiger partial charge < -0.3 is 15.4 Å².